The number of nitrogens with zero attached hydrogens (tertiary/aromatic N) is 5. The molecule has 0 spiro atoms. The molecule has 2 aromatic heterocycles. The normalized spacial score (nSPS) is 11.8. The van der Waals surface area contributed by atoms with Gasteiger partial charge in [-0.1, -0.05) is 41.4 Å². The number of fused-ring (bicyclic) bond motifs is 1. The molecule has 0 saturated carbocycles. The van der Waals surface area contributed by atoms with Gasteiger partial charge in [-0.05, 0) is 43.3 Å². The van der Waals surface area contributed by atoms with Gasteiger partial charge in [-0.15, -0.1) is 0 Å². The molecule has 0 fully saturated rings. The molecule has 0 bridgehead atoms. The Bertz CT molecular complexity index is 1270. The van der Waals surface area contributed by atoms with Crippen molar-refractivity contribution in [1.29, 1.82) is 5.26 Å². The number of para-hydroxylation sites is 2. The number of hydrogen-bond acceptors (Lipinski definition) is 3. The van der Waals surface area contributed by atoms with Crippen molar-refractivity contribution in [3.05, 3.63) is 75.8 Å². The minimum absolute atomic E-state index is 0.409. The lowest BCUT2D eigenvalue weighted by Gasteiger charge is -2.04. The molecule has 0 atom stereocenters. The predicted molar refractivity (Wildman–Crippen MR) is 113 cm³/mol. The molecule has 5 nitrogen and oxygen atoms in total. The lowest BCUT2D eigenvalue weighted by atomic mass is 10.1. The van der Waals surface area contributed by atoms with Crippen molar-refractivity contribution in [3.8, 4) is 11.8 Å². The number of aryl methyl sites for hydroxylation is 2. The summed E-state index contributed by atoms with van der Waals surface area (Å²) >= 11 is 12.7. The van der Waals surface area contributed by atoms with Crippen molar-refractivity contribution >= 4 is 45.9 Å². The lowest BCUT2D eigenvalue weighted by molar-refractivity contribution is 0.863. The quantitative estimate of drug-likeness (QED) is 0.424. The van der Waals surface area contributed by atoms with Gasteiger partial charge in [0, 0.05) is 17.6 Å². The summed E-state index contributed by atoms with van der Waals surface area (Å²) in [5.74, 6) is 0.578. The second-order valence-corrected chi connectivity index (χ2v) is 7.13. The SMILES string of the molecule is Cc1nn(-c2cccc(Cl)c2)c(Cl)c1/C=C(\C#N)c1nc2ccccc2n1C. The second kappa shape index (κ2) is 7.16. The van der Waals surface area contributed by atoms with Gasteiger partial charge in [-0.25, -0.2) is 9.67 Å². The van der Waals surface area contributed by atoms with E-state index in [1.54, 1.807) is 22.9 Å². The summed E-state index contributed by atoms with van der Waals surface area (Å²) in [4.78, 5) is 4.60. The van der Waals surface area contributed by atoms with E-state index in [0.717, 1.165) is 16.7 Å². The topological polar surface area (TPSA) is 59.4 Å². The highest BCUT2D eigenvalue weighted by Crippen LogP contribution is 2.29. The lowest BCUT2D eigenvalue weighted by Crippen LogP contribution is -1.97. The van der Waals surface area contributed by atoms with E-state index in [0.29, 0.717) is 32.8 Å². The Morgan fingerprint density at radius 1 is 1.14 bits per heavy atom. The minimum atomic E-state index is 0.409. The zero-order chi connectivity index (χ0) is 19.8. The Kier molecular flexibility index (Phi) is 4.68. The summed E-state index contributed by atoms with van der Waals surface area (Å²) < 4.78 is 3.51. The van der Waals surface area contributed by atoms with E-state index in [-0.39, 0.29) is 0 Å². The predicted octanol–water partition coefficient (Wildman–Crippen LogP) is 5.44. The fourth-order valence-corrected chi connectivity index (χ4v) is 3.64. The monoisotopic (exact) mass is 407 g/mol. The van der Waals surface area contributed by atoms with E-state index in [1.807, 2.05) is 54.9 Å². The maximum Gasteiger partial charge on any atom is 0.151 e. The van der Waals surface area contributed by atoms with Crippen LogP contribution in [-0.4, -0.2) is 19.3 Å². The molecular weight excluding hydrogens is 393 g/mol. The van der Waals surface area contributed by atoms with Gasteiger partial charge in [-0.2, -0.15) is 10.4 Å². The van der Waals surface area contributed by atoms with Gasteiger partial charge in [0.15, 0.2) is 5.82 Å². The molecule has 0 unspecified atom stereocenters. The first kappa shape index (κ1) is 18.3. The van der Waals surface area contributed by atoms with Crippen LogP contribution in [0.2, 0.25) is 10.2 Å². The van der Waals surface area contributed by atoms with Crippen LogP contribution in [0.5, 0.6) is 0 Å². The zero-order valence-corrected chi connectivity index (χ0v) is 16.7. The van der Waals surface area contributed by atoms with Crippen LogP contribution in [0.1, 0.15) is 17.1 Å². The molecule has 0 radical (unpaired) electrons. The molecule has 4 aromatic rings. The van der Waals surface area contributed by atoms with E-state index >= 15 is 0 Å². The first-order valence-electron chi connectivity index (χ1n) is 8.54. The highest BCUT2D eigenvalue weighted by atomic mass is 35.5. The summed E-state index contributed by atoms with van der Waals surface area (Å²) in [6.45, 7) is 1.85. The molecule has 0 aliphatic heterocycles. The molecule has 4 rings (SSSR count). The number of hydrogen-bond donors (Lipinski definition) is 0. The number of allylic oxidation sites excluding steroid dienone is 1. The molecule has 0 saturated heterocycles. The molecule has 2 heterocycles. The second-order valence-electron chi connectivity index (χ2n) is 6.33. The summed E-state index contributed by atoms with van der Waals surface area (Å²) in [5, 5.41) is 15.3. The fraction of sp³-hybridized carbons (Fsp3) is 0.0952. The zero-order valence-electron chi connectivity index (χ0n) is 15.2. The third-order valence-electron chi connectivity index (χ3n) is 4.54. The van der Waals surface area contributed by atoms with Gasteiger partial charge in [0.2, 0.25) is 0 Å². The van der Waals surface area contributed by atoms with Crippen LogP contribution in [0.25, 0.3) is 28.4 Å². The van der Waals surface area contributed by atoms with E-state index in [9.17, 15) is 5.26 Å². The number of nitriles is 1. The van der Waals surface area contributed by atoms with Crippen molar-refractivity contribution in [2.75, 3.05) is 0 Å². The first-order valence-corrected chi connectivity index (χ1v) is 9.30. The molecule has 0 amide bonds. The Balaban J connectivity index is 1.85. The Morgan fingerprint density at radius 2 is 1.93 bits per heavy atom. The first-order chi connectivity index (χ1) is 13.5. The van der Waals surface area contributed by atoms with Crippen LogP contribution >= 0.6 is 23.2 Å². The third kappa shape index (κ3) is 3.07. The van der Waals surface area contributed by atoms with Crippen molar-refractivity contribution in [1.82, 2.24) is 19.3 Å². The average molecular weight is 408 g/mol. The highest BCUT2D eigenvalue weighted by Gasteiger charge is 2.17. The summed E-state index contributed by atoms with van der Waals surface area (Å²) in [6, 6.07) is 17.3. The fourth-order valence-electron chi connectivity index (χ4n) is 3.13. The van der Waals surface area contributed by atoms with Gasteiger partial charge >= 0.3 is 0 Å². The maximum absolute atomic E-state index is 9.77. The Labute approximate surface area is 172 Å². The van der Waals surface area contributed by atoms with E-state index in [1.165, 1.54) is 0 Å². The number of rotatable bonds is 3. The number of aromatic nitrogens is 4. The Hall–Kier alpha value is -3.07. The standard InChI is InChI=1S/C21H15Cl2N5/c1-13-17(20(23)28(26-13)16-7-5-6-15(22)11-16)10-14(12-24)21-25-18-8-3-4-9-19(18)27(21)2/h3-11H,1-2H3/b14-10+. The average Bonchev–Trinajstić information content (AvgIpc) is 3.17. The third-order valence-corrected chi connectivity index (χ3v) is 5.14. The molecule has 7 heteroatoms. The minimum Gasteiger partial charge on any atom is -0.327 e. The molecular formula is C21H15Cl2N5. The maximum atomic E-state index is 9.77. The van der Waals surface area contributed by atoms with Crippen molar-refractivity contribution in [3.63, 3.8) is 0 Å². The molecule has 138 valence electrons. The van der Waals surface area contributed by atoms with E-state index in [2.05, 4.69) is 16.2 Å². The van der Waals surface area contributed by atoms with Gasteiger partial charge in [-0.3, -0.25) is 0 Å². The number of imidazole rings is 1. The summed E-state index contributed by atoms with van der Waals surface area (Å²) in [7, 11) is 1.89. The van der Waals surface area contributed by atoms with Crippen molar-refractivity contribution in [2.24, 2.45) is 7.05 Å². The molecule has 28 heavy (non-hydrogen) atoms. The highest BCUT2D eigenvalue weighted by molar-refractivity contribution is 6.32. The molecule has 0 aliphatic rings. The van der Waals surface area contributed by atoms with Crippen LogP contribution in [0.4, 0.5) is 0 Å². The van der Waals surface area contributed by atoms with Crippen molar-refractivity contribution < 1.29 is 0 Å². The van der Waals surface area contributed by atoms with Crippen LogP contribution in [-0.2, 0) is 7.05 Å². The van der Waals surface area contributed by atoms with Crippen LogP contribution in [0, 0.1) is 18.3 Å². The van der Waals surface area contributed by atoms with E-state index < -0.39 is 0 Å². The van der Waals surface area contributed by atoms with Crippen LogP contribution < -0.4 is 0 Å². The number of halogens is 2. The smallest absolute Gasteiger partial charge is 0.151 e. The summed E-state index contributed by atoms with van der Waals surface area (Å²) in [5.41, 5.74) is 4.33. The van der Waals surface area contributed by atoms with Gasteiger partial charge in [0.1, 0.15) is 11.2 Å². The van der Waals surface area contributed by atoms with Crippen LogP contribution in [0.3, 0.4) is 0 Å². The van der Waals surface area contributed by atoms with Gasteiger partial charge < -0.3 is 4.57 Å². The molecule has 2 aromatic carbocycles. The molecule has 0 N–H and O–H groups in total. The van der Waals surface area contributed by atoms with Gasteiger partial charge in [0.25, 0.3) is 0 Å². The van der Waals surface area contributed by atoms with Crippen LogP contribution in [0.15, 0.2) is 48.5 Å². The number of benzene rings is 2. The molecule has 0 aliphatic carbocycles. The van der Waals surface area contributed by atoms with Gasteiger partial charge in [0.05, 0.1) is 28.0 Å². The van der Waals surface area contributed by atoms with Crippen molar-refractivity contribution in [2.45, 2.75) is 6.92 Å². The summed E-state index contributed by atoms with van der Waals surface area (Å²) in [6.07, 6.45) is 1.73. The largest absolute Gasteiger partial charge is 0.327 e. The Morgan fingerprint density at radius 3 is 2.64 bits per heavy atom. The van der Waals surface area contributed by atoms with E-state index in [4.69, 9.17) is 23.2 Å².